The van der Waals surface area contributed by atoms with Crippen LogP contribution >= 0.6 is 0 Å². The Bertz CT molecular complexity index is 165. The molecule has 0 N–H and O–H groups in total. The van der Waals surface area contributed by atoms with Gasteiger partial charge in [-0.3, -0.25) is 0 Å². The number of carbonyl (C=O) groups is 1. The van der Waals surface area contributed by atoms with Crippen molar-refractivity contribution in [2.45, 2.75) is 58.8 Å². The van der Waals surface area contributed by atoms with Gasteiger partial charge in [0.05, 0.1) is 0 Å². The third-order valence-electron chi connectivity index (χ3n) is 3.74. The predicted molar refractivity (Wildman–Crippen MR) is 55.7 cm³/mol. The monoisotopic (exact) mass is 182 g/mol. The highest BCUT2D eigenvalue weighted by Crippen LogP contribution is 2.43. The summed E-state index contributed by atoms with van der Waals surface area (Å²) in [6.45, 7) is 4.45. The van der Waals surface area contributed by atoms with Crippen molar-refractivity contribution in [1.82, 2.24) is 0 Å². The van der Waals surface area contributed by atoms with Crippen molar-refractivity contribution < 1.29 is 4.79 Å². The highest BCUT2D eigenvalue weighted by atomic mass is 16.1. The van der Waals surface area contributed by atoms with E-state index in [1.165, 1.54) is 38.4 Å². The van der Waals surface area contributed by atoms with E-state index in [1.807, 2.05) is 0 Å². The molecule has 76 valence electrons. The Kier molecular flexibility index (Phi) is 3.95. The van der Waals surface area contributed by atoms with E-state index in [2.05, 4.69) is 13.8 Å². The molecule has 1 rings (SSSR count). The molecule has 0 aromatic heterocycles. The summed E-state index contributed by atoms with van der Waals surface area (Å²) in [7, 11) is 0. The quantitative estimate of drug-likeness (QED) is 0.607. The number of hydrogen-bond donors (Lipinski definition) is 0. The second kappa shape index (κ2) is 4.78. The molecule has 1 nitrogen and oxygen atoms in total. The van der Waals surface area contributed by atoms with Crippen molar-refractivity contribution in [3.05, 3.63) is 0 Å². The smallest absolute Gasteiger partial charge is 0.126 e. The summed E-state index contributed by atoms with van der Waals surface area (Å²) in [6.07, 6.45) is 9.77. The maximum absolute atomic E-state index is 11.2. The molecule has 1 fully saturated rings. The van der Waals surface area contributed by atoms with Crippen LogP contribution < -0.4 is 0 Å². The third kappa shape index (κ3) is 2.32. The first-order valence-electron chi connectivity index (χ1n) is 5.71. The lowest BCUT2D eigenvalue weighted by molar-refractivity contribution is -0.121. The van der Waals surface area contributed by atoms with E-state index in [1.54, 1.807) is 0 Å². The van der Waals surface area contributed by atoms with Crippen LogP contribution in [0.3, 0.4) is 0 Å². The second-order valence-corrected chi connectivity index (χ2v) is 4.60. The number of rotatable bonds is 4. The van der Waals surface area contributed by atoms with E-state index < -0.39 is 0 Å². The van der Waals surface area contributed by atoms with E-state index in [9.17, 15) is 4.79 Å². The van der Waals surface area contributed by atoms with Crippen molar-refractivity contribution in [3.63, 3.8) is 0 Å². The first-order valence-corrected chi connectivity index (χ1v) is 5.71. The fraction of sp³-hybridized carbons (Fsp3) is 0.917. The predicted octanol–water partition coefficient (Wildman–Crippen LogP) is 3.57. The highest BCUT2D eigenvalue weighted by molar-refractivity contribution is 5.60. The van der Waals surface area contributed by atoms with Gasteiger partial charge in [-0.05, 0) is 25.2 Å². The molecule has 1 aliphatic carbocycles. The Labute approximate surface area is 81.9 Å². The summed E-state index contributed by atoms with van der Waals surface area (Å²) < 4.78 is 0. The summed E-state index contributed by atoms with van der Waals surface area (Å²) in [5.41, 5.74) is 0.0499. The summed E-state index contributed by atoms with van der Waals surface area (Å²) in [4.78, 5) is 11.2. The van der Waals surface area contributed by atoms with Crippen molar-refractivity contribution in [2.75, 3.05) is 0 Å². The van der Waals surface area contributed by atoms with Crippen LogP contribution in [0.2, 0.25) is 0 Å². The number of unbranched alkanes of at least 4 members (excludes halogenated alkanes) is 1. The molecule has 0 amide bonds. The minimum atomic E-state index is 0.0499. The Balaban J connectivity index is 2.58. The lowest BCUT2D eigenvalue weighted by Crippen LogP contribution is -2.33. The van der Waals surface area contributed by atoms with Crippen LogP contribution in [0.4, 0.5) is 0 Å². The van der Waals surface area contributed by atoms with Crippen LogP contribution in [0.15, 0.2) is 0 Å². The zero-order valence-electron chi connectivity index (χ0n) is 9.01. The van der Waals surface area contributed by atoms with Gasteiger partial charge in [-0.1, -0.05) is 39.5 Å². The van der Waals surface area contributed by atoms with Gasteiger partial charge in [0.2, 0.25) is 0 Å². The molecular formula is C12H22O. The molecule has 0 aromatic carbocycles. The first kappa shape index (κ1) is 10.7. The summed E-state index contributed by atoms with van der Waals surface area (Å²) in [6, 6.07) is 0. The van der Waals surface area contributed by atoms with Crippen LogP contribution in [0.5, 0.6) is 0 Å². The molecular weight excluding hydrogens is 160 g/mol. The standard InChI is InChI=1S/C12H22O/c1-3-4-8-12(10-13)9-6-5-7-11(12)2/h10-11H,3-9H2,1-2H3. The van der Waals surface area contributed by atoms with Gasteiger partial charge in [0.15, 0.2) is 0 Å². The Morgan fingerprint density at radius 3 is 2.77 bits per heavy atom. The number of aldehydes is 1. The molecule has 0 saturated heterocycles. The molecule has 0 aromatic rings. The fourth-order valence-electron chi connectivity index (χ4n) is 2.55. The average Bonchev–Trinajstić information content (AvgIpc) is 2.17. The SMILES string of the molecule is CCCCC1(C=O)CCCCC1C. The zero-order chi connectivity index (χ0) is 9.73. The number of carbonyl (C=O) groups excluding carboxylic acids is 1. The molecule has 0 bridgehead atoms. The Hall–Kier alpha value is -0.330. The van der Waals surface area contributed by atoms with E-state index in [0.717, 1.165) is 12.8 Å². The molecule has 13 heavy (non-hydrogen) atoms. The van der Waals surface area contributed by atoms with Gasteiger partial charge in [0.1, 0.15) is 6.29 Å². The minimum Gasteiger partial charge on any atom is -0.303 e. The van der Waals surface area contributed by atoms with Gasteiger partial charge in [-0.25, -0.2) is 0 Å². The third-order valence-corrected chi connectivity index (χ3v) is 3.74. The average molecular weight is 182 g/mol. The van der Waals surface area contributed by atoms with Crippen LogP contribution in [0, 0.1) is 11.3 Å². The van der Waals surface area contributed by atoms with Crippen molar-refractivity contribution >= 4 is 6.29 Å². The van der Waals surface area contributed by atoms with Crippen LogP contribution in [0.25, 0.3) is 0 Å². The minimum absolute atomic E-state index is 0.0499. The first-order chi connectivity index (χ1) is 6.25. The number of hydrogen-bond acceptors (Lipinski definition) is 1. The van der Waals surface area contributed by atoms with Gasteiger partial charge in [0, 0.05) is 5.41 Å². The van der Waals surface area contributed by atoms with Gasteiger partial charge < -0.3 is 4.79 Å². The lowest BCUT2D eigenvalue weighted by atomic mass is 9.65. The van der Waals surface area contributed by atoms with Gasteiger partial charge in [-0.2, -0.15) is 0 Å². The normalized spacial score (nSPS) is 34.5. The van der Waals surface area contributed by atoms with Gasteiger partial charge >= 0.3 is 0 Å². The lowest BCUT2D eigenvalue weighted by Gasteiger charge is -2.38. The van der Waals surface area contributed by atoms with Crippen LogP contribution in [-0.4, -0.2) is 6.29 Å². The zero-order valence-corrected chi connectivity index (χ0v) is 9.01. The van der Waals surface area contributed by atoms with Gasteiger partial charge in [0.25, 0.3) is 0 Å². The molecule has 1 aliphatic rings. The van der Waals surface area contributed by atoms with Crippen LogP contribution in [-0.2, 0) is 4.79 Å². The van der Waals surface area contributed by atoms with Crippen molar-refractivity contribution in [1.29, 1.82) is 0 Å². The maximum atomic E-state index is 11.2. The van der Waals surface area contributed by atoms with Crippen LogP contribution in [0.1, 0.15) is 58.8 Å². The molecule has 0 radical (unpaired) electrons. The van der Waals surface area contributed by atoms with E-state index in [0.29, 0.717) is 5.92 Å². The maximum Gasteiger partial charge on any atom is 0.126 e. The van der Waals surface area contributed by atoms with E-state index >= 15 is 0 Å². The largest absolute Gasteiger partial charge is 0.303 e. The molecule has 2 atom stereocenters. The Morgan fingerprint density at radius 1 is 1.46 bits per heavy atom. The second-order valence-electron chi connectivity index (χ2n) is 4.60. The molecule has 2 unspecified atom stereocenters. The molecule has 0 heterocycles. The molecule has 0 spiro atoms. The summed E-state index contributed by atoms with van der Waals surface area (Å²) in [5, 5.41) is 0. The fourth-order valence-corrected chi connectivity index (χ4v) is 2.55. The molecule has 1 heteroatoms. The molecule has 0 aliphatic heterocycles. The topological polar surface area (TPSA) is 17.1 Å². The summed E-state index contributed by atoms with van der Waals surface area (Å²) >= 11 is 0. The van der Waals surface area contributed by atoms with Crippen molar-refractivity contribution in [3.8, 4) is 0 Å². The summed E-state index contributed by atoms with van der Waals surface area (Å²) in [5.74, 6) is 0.616. The molecule has 1 saturated carbocycles. The van der Waals surface area contributed by atoms with E-state index in [-0.39, 0.29) is 5.41 Å². The van der Waals surface area contributed by atoms with E-state index in [4.69, 9.17) is 0 Å². The Morgan fingerprint density at radius 2 is 2.23 bits per heavy atom. The van der Waals surface area contributed by atoms with Gasteiger partial charge in [-0.15, -0.1) is 0 Å². The highest BCUT2D eigenvalue weighted by Gasteiger charge is 2.36. The van der Waals surface area contributed by atoms with Crippen molar-refractivity contribution in [2.24, 2.45) is 11.3 Å².